The highest BCUT2D eigenvalue weighted by Crippen LogP contribution is 2.38. The quantitative estimate of drug-likeness (QED) is 0.433. The van der Waals surface area contributed by atoms with Gasteiger partial charge in [-0.3, -0.25) is 0 Å². The van der Waals surface area contributed by atoms with Crippen molar-refractivity contribution in [2.75, 3.05) is 19.7 Å². The van der Waals surface area contributed by atoms with E-state index in [1.807, 2.05) is 0 Å². The number of hydrogen-bond acceptors (Lipinski definition) is 4. The number of morpholine rings is 1. The highest BCUT2D eigenvalue weighted by molar-refractivity contribution is 14.1. The largest absolute Gasteiger partial charge is 0.460 e. The maximum Gasteiger partial charge on any atom is 0.460 e. The van der Waals surface area contributed by atoms with Crippen LogP contribution in [0, 0.1) is 0 Å². The molecule has 6 heteroatoms. The molecule has 2 fully saturated rings. The van der Waals surface area contributed by atoms with E-state index in [0.717, 1.165) is 26.0 Å². The fourth-order valence-corrected chi connectivity index (χ4v) is 2.74. The van der Waals surface area contributed by atoms with Crippen molar-refractivity contribution in [1.82, 2.24) is 3.11 Å². The van der Waals surface area contributed by atoms with Crippen LogP contribution in [0.2, 0.25) is 6.32 Å². The fourth-order valence-electron chi connectivity index (χ4n) is 2.10. The summed E-state index contributed by atoms with van der Waals surface area (Å²) in [6, 6.07) is 0. The molecule has 0 bridgehead atoms. The van der Waals surface area contributed by atoms with Gasteiger partial charge in [-0.05, 0) is 27.7 Å². The molecule has 2 heterocycles. The number of hydrogen-bond donors (Lipinski definition) is 0. The van der Waals surface area contributed by atoms with Crippen LogP contribution in [0.15, 0.2) is 0 Å². The molecule has 17 heavy (non-hydrogen) atoms. The molecule has 0 aliphatic carbocycles. The molecule has 2 rings (SSSR count). The van der Waals surface area contributed by atoms with Crippen molar-refractivity contribution in [3.8, 4) is 0 Å². The summed E-state index contributed by atoms with van der Waals surface area (Å²) in [5, 5.41) is 0. The van der Waals surface area contributed by atoms with Crippen molar-refractivity contribution in [3.63, 3.8) is 0 Å². The van der Waals surface area contributed by atoms with Crippen LogP contribution in [0.4, 0.5) is 0 Å². The first-order valence-electron chi connectivity index (χ1n) is 6.18. The average Bonchev–Trinajstić information content (AvgIpc) is 2.34. The summed E-state index contributed by atoms with van der Waals surface area (Å²) < 4.78 is 20.0. The molecule has 1 atom stereocenters. The summed E-state index contributed by atoms with van der Waals surface area (Å²) in [7, 11) is -0.145. The van der Waals surface area contributed by atoms with Crippen molar-refractivity contribution in [1.29, 1.82) is 0 Å². The molecule has 0 aromatic heterocycles. The predicted octanol–water partition coefficient (Wildman–Crippen LogP) is 2.13. The van der Waals surface area contributed by atoms with Crippen molar-refractivity contribution in [2.45, 2.75) is 51.3 Å². The lowest BCUT2D eigenvalue weighted by atomic mass is 9.81. The number of ether oxygens (including phenoxy) is 1. The van der Waals surface area contributed by atoms with Crippen LogP contribution < -0.4 is 0 Å². The van der Waals surface area contributed by atoms with E-state index in [4.69, 9.17) is 14.0 Å². The van der Waals surface area contributed by atoms with Crippen molar-refractivity contribution in [2.24, 2.45) is 0 Å². The zero-order valence-electron chi connectivity index (χ0n) is 11.0. The van der Waals surface area contributed by atoms with Gasteiger partial charge in [0.2, 0.25) is 0 Å². The molecule has 2 aliphatic heterocycles. The lowest BCUT2D eigenvalue weighted by Crippen LogP contribution is -2.41. The molecule has 2 aliphatic rings. The van der Waals surface area contributed by atoms with E-state index in [1.54, 1.807) is 0 Å². The average molecular weight is 353 g/mol. The molecule has 0 aromatic carbocycles. The molecular weight excluding hydrogens is 332 g/mol. The second kappa shape index (κ2) is 4.96. The fraction of sp³-hybridized carbons (Fsp3) is 1.00. The minimum absolute atomic E-state index is 0.145. The van der Waals surface area contributed by atoms with E-state index in [9.17, 15) is 0 Å². The monoisotopic (exact) mass is 353 g/mol. The summed E-state index contributed by atoms with van der Waals surface area (Å²) in [6.07, 6.45) is 1.03. The maximum absolute atomic E-state index is 5.98. The summed E-state index contributed by atoms with van der Waals surface area (Å²) >= 11 is 2.34. The lowest BCUT2D eigenvalue weighted by Gasteiger charge is -2.32. The van der Waals surface area contributed by atoms with Gasteiger partial charge in [-0.2, -0.15) is 0 Å². The van der Waals surface area contributed by atoms with E-state index >= 15 is 0 Å². The Bertz CT molecular complexity index is 272. The molecule has 0 aromatic rings. The second-order valence-electron chi connectivity index (χ2n) is 5.78. The van der Waals surface area contributed by atoms with Gasteiger partial charge in [0.1, 0.15) is 0 Å². The van der Waals surface area contributed by atoms with Gasteiger partial charge in [-0.15, -0.1) is 0 Å². The van der Waals surface area contributed by atoms with Gasteiger partial charge in [-0.25, -0.2) is 3.11 Å². The SMILES string of the molecule is CC1(C)OB(C[C@@H]2CN(I)CCO2)OC1(C)C. The minimum Gasteiger partial charge on any atom is -0.403 e. The molecule has 0 N–H and O–H groups in total. The van der Waals surface area contributed by atoms with Crippen LogP contribution in [0.25, 0.3) is 0 Å². The van der Waals surface area contributed by atoms with E-state index in [2.05, 4.69) is 53.7 Å². The predicted molar refractivity (Wildman–Crippen MR) is 76.2 cm³/mol. The zero-order chi connectivity index (χ0) is 12.7. The van der Waals surface area contributed by atoms with E-state index < -0.39 is 0 Å². The number of rotatable bonds is 2. The third kappa shape index (κ3) is 3.15. The van der Waals surface area contributed by atoms with Crippen molar-refractivity contribution >= 4 is 30.0 Å². The van der Waals surface area contributed by atoms with Crippen LogP contribution in [0.1, 0.15) is 27.7 Å². The smallest absolute Gasteiger partial charge is 0.403 e. The van der Waals surface area contributed by atoms with Gasteiger partial charge in [0.05, 0.1) is 23.9 Å². The first-order valence-corrected chi connectivity index (χ1v) is 7.15. The third-order valence-corrected chi connectivity index (χ3v) is 4.72. The minimum atomic E-state index is -0.240. The maximum atomic E-state index is 5.98. The third-order valence-electron chi connectivity index (χ3n) is 3.85. The van der Waals surface area contributed by atoms with Crippen molar-refractivity contribution in [3.05, 3.63) is 0 Å². The first-order chi connectivity index (χ1) is 7.80. The Morgan fingerprint density at radius 3 is 2.35 bits per heavy atom. The molecule has 0 amide bonds. The molecule has 2 saturated heterocycles. The Balaban J connectivity index is 1.89. The standard InChI is InChI=1S/C11H21BINO3/c1-10(2)11(3,4)17-12(16-10)7-9-8-14(13)5-6-15-9/h9H,5-8H2,1-4H3/t9-/m1/s1. The molecule has 0 saturated carbocycles. The number of nitrogens with zero attached hydrogens (tertiary/aromatic N) is 1. The van der Waals surface area contributed by atoms with Gasteiger partial charge in [0, 0.05) is 42.3 Å². The molecule has 0 radical (unpaired) electrons. The van der Waals surface area contributed by atoms with E-state index in [0.29, 0.717) is 0 Å². The Morgan fingerprint density at radius 2 is 1.82 bits per heavy atom. The lowest BCUT2D eigenvalue weighted by molar-refractivity contribution is 0.00578. The summed E-state index contributed by atoms with van der Waals surface area (Å²) in [5.41, 5.74) is -0.479. The highest BCUT2D eigenvalue weighted by Gasteiger charge is 2.51. The zero-order valence-corrected chi connectivity index (χ0v) is 13.2. The second-order valence-corrected chi connectivity index (χ2v) is 7.15. The van der Waals surface area contributed by atoms with Crippen LogP contribution in [0.3, 0.4) is 0 Å². The molecular formula is C11H21BINO3. The Hall–Kier alpha value is 0.635. The molecule has 0 spiro atoms. The van der Waals surface area contributed by atoms with Crippen LogP contribution in [0.5, 0.6) is 0 Å². The summed E-state index contributed by atoms with van der Waals surface area (Å²) in [6.45, 7) is 11.1. The summed E-state index contributed by atoms with van der Waals surface area (Å²) in [4.78, 5) is 0. The Morgan fingerprint density at radius 1 is 1.24 bits per heavy atom. The Kier molecular flexibility index (Phi) is 4.10. The normalized spacial score (nSPS) is 33.0. The topological polar surface area (TPSA) is 30.9 Å². The highest BCUT2D eigenvalue weighted by atomic mass is 127. The van der Waals surface area contributed by atoms with Crippen LogP contribution >= 0.6 is 22.9 Å². The van der Waals surface area contributed by atoms with Crippen molar-refractivity contribution < 1.29 is 14.0 Å². The summed E-state index contributed by atoms with van der Waals surface area (Å²) in [5.74, 6) is 0. The number of halogens is 1. The van der Waals surface area contributed by atoms with Crippen LogP contribution in [-0.4, -0.2) is 47.2 Å². The van der Waals surface area contributed by atoms with Crippen LogP contribution in [-0.2, 0) is 14.0 Å². The van der Waals surface area contributed by atoms with Gasteiger partial charge < -0.3 is 14.0 Å². The first kappa shape index (κ1) is 14.1. The molecule has 0 unspecified atom stereocenters. The van der Waals surface area contributed by atoms with Gasteiger partial charge >= 0.3 is 7.12 Å². The molecule has 4 nitrogen and oxygen atoms in total. The Labute approximate surface area is 118 Å². The van der Waals surface area contributed by atoms with E-state index in [-0.39, 0.29) is 24.4 Å². The van der Waals surface area contributed by atoms with E-state index in [1.165, 1.54) is 0 Å². The van der Waals surface area contributed by atoms with Gasteiger partial charge in [0.15, 0.2) is 0 Å². The van der Waals surface area contributed by atoms with Gasteiger partial charge in [0.25, 0.3) is 0 Å². The molecule has 98 valence electrons. The van der Waals surface area contributed by atoms with Gasteiger partial charge in [-0.1, -0.05) is 0 Å².